The van der Waals surface area contributed by atoms with E-state index in [9.17, 15) is 13.9 Å². The molecule has 2 aromatic rings. The van der Waals surface area contributed by atoms with Crippen LogP contribution in [0.25, 0.3) is 0 Å². The molecule has 0 aliphatic rings. The van der Waals surface area contributed by atoms with Crippen LogP contribution in [-0.2, 0) is 5.92 Å². The van der Waals surface area contributed by atoms with Crippen LogP contribution >= 0.6 is 15.9 Å². The van der Waals surface area contributed by atoms with Gasteiger partial charge in [-0.05, 0) is 19.1 Å². The summed E-state index contributed by atoms with van der Waals surface area (Å²) < 4.78 is 34.1. The zero-order valence-corrected chi connectivity index (χ0v) is 13.0. The molecule has 0 aliphatic carbocycles. The van der Waals surface area contributed by atoms with Crippen molar-refractivity contribution in [1.82, 2.24) is 0 Å². The first-order valence-corrected chi connectivity index (χ1v) is 7.23. The summed E-state index contributed by atoms with van der Waals surface area (Å²) in [7, 11) is 0. The van der Waals surface area contributed by atoms with Crippen molar-refractivity contribution < 1.29 is 18.6 Å². The van der Waals surface area contributed by atoms with Crippen LogP contribution in [0.2, 0.25) is 0 Å². The van der Waals surface area contributed by atoms with E-state index in [4.69, 9.17) is 4.74 Å². The Hall–Kier alpha value is -1.46. The average molecular weight is 357 g/mol. The molecule has 1 N–H and O–H groups in total. The highest BCUT2D eigenvalue weighted by molar-refractivity contribution is 9.10. The lowest BCUT2D eigenvalue weighted by molar-refractivity contribution is -0.0473. The van der Waals surface area contributed by atoms with Gasteiger partial charge in [-0.15, -0.1) is 0 Å². The second-order valence-corrected chi connectivity index (χ2v) is 5.63. The molecular weight excluding hydrogens is 342 g/mol. The van der Waals surface area contributed by atoms with Crippen molar-refractivity contribution in [3.63, 3.8) is 0 Å². The maximum absolute atomic E-state index is 14.1. The van der Waals surface area contributed by atoms with E-state index >= 15 is 0 Å². The summed E-state index contributed by atoms with van der Waals surface area (Å²) in [6, 6.07) is 12.5. The molecule has 0 spiro atoms. The highest BCUT2D eigenvalue weighted by Gasteiger charge is 2.32. The Labute approximate surface area is 130 Å². The van der Waals surface area contributed by atoms with Gasteiger partial charge in [0.05, 0.1) is 6.10 Å². The molecule has 0 saturated heterocycles. The van der Waals surface area contributed by atoms with E-state index in [0.29, 0.717) is 10.0 Å². The Bertz CT molecular complexity index is 600. The van der Waals surface area contributed by atoms with Gasteiger partial charge in [-0.1, -0.05) is 52.3 Å². The molecule has 0 fully saturated rings. The smallest absolute Gasteiger partial charge is 0.306 e. The number of halogens is 3. The maximum Gasteiger partial charge on any atom is 0.306 e. The number of aliphatic hydroxyl groups is 1. The summed E-state index contributed by atoms with van der Waals surface area (Å²) in [6.07, 6.45) is -0.793. The standard InChI is InChI=1S/C16H15BrF2O2/c1-11(20)14-8-7-13(17)9-15(14)21-10-16(18,19)12-5-3-2-4-6-12/h2-9,11,20H,10H2,1H3/t11-/m0/s1. The number of benzene rings is 2. The van der Waals surface area contributed by atoms with Crippen LogP contribution in [0.15, 0.2) is 53.0 Å². The van der Waals surface area contributed by atoms with E-state index in [0.717, 1.165) is 0 Å². The van der Waals surface area contributed by atoms with Gasteiger partial charge in [0.1, 0.15) is 5.75 Å². The van der Waals surface area contributed by atoms with E-state index in [1.165, 1.54) is 12.1 Å². The highest BCUT2D eigenvalue weighted by atomic mass is 79.9. The third kappa shape index (κ3) is 4.02. The molecule has 2 aromatic carbocycles. The van der Waals surface area contributed by atoms with Gasteiger partial charge in [-0.3, -0.25) is 0 Å². The molecule has 0 aliphatic heterocycles. The lowest BCUT2D eigenvalue weighted by Gasteiger charge is -2.20. The second kappa shape index (κ2) is 6.54. The Morgan fingerprint density at radius 1 is 1.19 bits per heavy atom. The van der Waals surface area contributed by atoms with Crippen LogP contribution in [0.5, 0.6) is 5.75 Å². The summed E-state index contributed by atoms with van der Waals surface area (Å²) in [4.78, 5) is 0. The molecule has 0 amide bonds. The predicted octanol–water partition coefficient (Wildman–Crippen LogP) is 4.67. The molecule has 2 rings (SSSR count). The summed E-state index contributed by atoms with van der Waals surface area (Å²) in [5.41, 5.74) is 0.376. The van der Waals surface area contributed by atoms with E-state index in [1.54, 1.807) is 43.3 Å². The molecule has 0 saturated carbocycles. The van der Waals surface area contributed by atoms with Crippen molar-refractivity contribution in [3.8, 4) is 5.75 Å². The monoisotopic (exact) mass is 356 g/mol. The van der Waals surface area contributed by atoms with Crippen molar-refractivity contribution in [2.24, 2.45) is 0 Å². The summed E-state index contributed by atoms with van der Waals surface area (Å²) in [6.45, 7) is 0.776. The Morgan fingerprint density at radius 2 is 1.86 bits per heavy atom. The minimum absolute atomic E-state index is 0.0985. The number of hydrogen-bond acceptors (Lipinski definition) is 2. The van der Waals surface area contributed by atoms with Gasteiger partial charge in [0.15, 0.2) is 6.61 Å². The molecule has 5 heteroatoms. The minimum Gasteiger partial charge on any atom is -0.486 e. The largest absolute Gasteiger partial charge is 0.486 e. The van der Waals surface area contributed by atoms with Crippen molar-refractivity contribution in [1.29, 1.82) is 0 Å². The Kier molecular flexibility index (Phi) is 4.96. The SMILES string of the molecule is C[C@H](O)c1ccc(Br)cc1OCC(F)(F)c1ccccc1. The molecule has 2 nitrogen and oxygen atoms in total. The summed E-state index contributed by atoms with van der Waals surface area (Å²) in [5, 5.41) is 9.66. The van der Waals surface area contributed by atoms with Crippen LogP contribution in [0.1, 0.15) is 24.2 Å². The maximum atomic E-state index is 14.1. The molecule has 0 radical (unpaired) electrons. The van der Waals surface area contributed by atoms with Crippen LogP contribution in [-0.4, -0.2) is 11.7 Å². The first-order chi connectivity index (χ1) is 9.90. The number of ether oxygens (including phenoxy) is 1. The van der Waals surface area contributed by atoms with Gasteiger partial charge in [-0.25, -0.2) is 0 Å². The average Bonchev–Trinajstić information content (AvgIpc) is 2.46. The van der Waals surface area contributed by atoms with Crippen molar-refractivity contribution >= 4 is 15.9 Å². The van der Waals surface area contributed by atoms with Gasteiger partial charge in [0.2, 0.25) is 0 Å². The molecule has 0 heterocycles. The molecule has 112 valence electrons. The Balaban J connectivity index is 2.18. The van der Waals surface area contributed by atoms with Crippen molar-refractivity contribution in [2.45, 2.75) is 19.0 Å². The summed E-state index contributed by atoms with van der Waals surface area (Å²) in [5.74, 6) is -2.85. The fraction of sp³-hybridized carbons (Fsp3) is 0.250. The van der Waals surface area contributed by atoms with E-state index in [2.05, 4.69) is 15.9 Å². The third-order valence-electron chi connectivity index (χ3n) is 3.03. The van der Waals surface area contributed by atoms with Gasteiger partial charge < -0.3 is 9.84 Å². The van der Waals surface area contributed by atoms with Crippen molar-refractivity contribution in [2.75, 3.05) is 6.61 Å². The minimum atomic E-state index is -3.10. The molecule has 0 bridgehead atoms. The fourth-order valence-electron chi connectivity index (χ4n) is 1.91. The van der Waals surface area contributed by atoms with Crippen molar-refractivity contribution in [3.05, 3.63) is 64.1 Å². The van der Waals surface area contributed by atoms with E-state index in [-0.39, 0.29) is 11.3 Å². The van der Waals surface area contributed by atoms with E-state index < -0.39 is 18.6 Å². The zero-order chi connectivity index (χ0) is 15.5. The first-order valence-electron chi connectivity index (χ1n) is 6.44. The summed E-state index contributed by atoms with van der Waals surface area (Å²) >= 11 is 3.26. The second-order valence-electron chi connectivity index (χ2n) is 4.72. The lowest BCUT2D eigenvalue weighted by atomic mass is 10.1. The molecule has 0 unspecified atom stereocenters. The topological polar surface area (TPSA) is 29.5 Å². The van der Waals surface area contributed by atoms with Crippen LogP contribution in [0.4, 0.5) is 8.78 Å². The first kappa shape index (κ1) is 15.9. The number of rotatable bonds is 5. The lowest BCUT2D eigenvalue weighted by Crippen LogP contribution is -2.23. The number of alkyl halides is 2. The number of hydrogen-bond donors (Lipinski definition) is 1. The van der Waals surface area contributed by atoms with Crippen LogP contribution < -0.4 is 4.74 Å². The van der Waals surface area contributed by atoms with Gasteiger partial charge in [0, 0.05) is 15.6 Å². The molecule has 21 heavy (non-hydrogen) atoms. The van der Waals surface area contributed by atoms with Gasteiger partial charge in [-0.2, -0.15) is 8.78 Å². The normalized spacial score (nSPS) is 13.0. The van der Waals surface area contributed by atoms with Crippen LogP contribution in [0.3, 0.4) is 0 Å². The Morgan fingerprint density at radius 3 is 2.48 bits per heavy atom. The quantitative estimate of drug-likeness (QED) is 0.843. The van der Waals surface area contributed by atoms with Gasteiger partial charge >= 0.3 is 5.92 Å². The number of aliphatic hydroxyl groups excluding tert-OH is 1. The third-order valence-corrected chi connectivity index (χ3v) is 3.52. The molecular formula is C16H15BrF2O2. The van der Waals surface area contributed by atoms with Gasteiger partial charge in [0.25, 0.3) is 0 Å². The fourth-order valence-corrected chi connectivity index (χ4v) is 2.25. The predicted molar refractivity (Wildman–Crippen MR) is 80.6 cm³/mol. The molecule has 1 atom stereocenters. The highest BCUT2D eigenvalue weighted by Crippen LogP contribution is 2.32. The van der Waals surface area contributed by atoms with E-state index in [1.807, 2.05) is 0 Å². The molecule has 0 aromatic heterocycles. The zero-order valence-electron chi connectivity index (χ0n) is 11.4. The van der Waals surface area contributed by atoms with Crippen LogP contribution in [0, 0.1) is 0 Å².